The van der Waals surface area contributed by atoms with Crippen LogP contribution in [0.3, 0.4) is 0 Å². The first-order valence-electron chi connectivity index (χ1n) is 6.34. The fraction of sp³-hybridized carbons (Fsp3) is 0.357. The topological polar surface area (TPSA) is 64.1 Å². The molecule has 0 aliphatic rings. The van der Waals surface area contributed by atoms with Crippen LogP contribution in [0.15, 0.2) is 41.1 Å². The van der Waals surface area contributed by atoms with Gasteiger partial charge >= 0.3 is 0 Å². The zero-order valence-corrected chi connectivity index (χ0v) is 10.4. The third-order valence-electron chi connectivity index (χ3n) is 2.77. The summed E-state index contributed by atoms with van der Waals surface area (Å²) in [5.41, 5.74) is 7.57. The molecule has 1 heterocycles. The minimum absolute atomic E-state index is 0.657. The third kappa shape index (κ3) is 3.60. The van der Waals surface area contributed by atoms with Gasteiger partial charge in [0, 0.05) is 17.8 Å². The summed E-state index contributed by atoms with van der Waals surface area (Å²) in [4.78, 5) is 4.11. The van der Waals surface area contributed by atoms with Crippen LogP contribution in [0.5, 0.6) is 0 Å². The van der Waals surface area contributed by atoms with E-state index in [-0.39, 0.29) is 0 Å². The largest absolute Gasteiger partial charge is 0.445 e. The average Bonchev–Trinajstić information content (AvgIpc) is 2.93. The average molecular weight is 245 g/mol. The van der Waals surface area contributed by atoms with E-state index in [4.69, 9.17) is 10.2 Å². The van der Waals surface area contributed by atoms with E-state index in [1.807, 2.05) is 24.3 Å². The normalized spacial score (nSPS) is 10.5. The Morgan fingerprint density at radius 3 is 2.61 bits per heavy atom. The lowest BCUT2D eigenvalue weighted by molar-refractivity contribution is 0.574. The molecule has 2 aromatic rings. The predicted octanol–water partition coefficient (Wildman–Crippen LogP) is 2.88. The monoisotopic (exact) mass is 245 g/mol. The van der Waals surface area contributed by atoms with Crippen LogP contribution in [0.4, 0.5) is 5.69 Å². The molecule has 0 fully saturated rings. The van der Waals surface area contributed by atoms with E-state index in [0.29, 0.717) is 5.89 Å². The molecule has 4 nitrogen and oxygen atoms in total. The number of benzene rings is 1. The maximum atomic E-state index is 5.45. The predicted molar refractivity (Wildman–Crippen MR) is 73.3 cm³/mol. The molecule has 0 unspecified atom stereocenters. The van der Waals surface area contributed by atoms with E-state index in [0.717, 1.165) is 37.2 Å². The van der Waals surface area contributed by atoms with Gasteiger partial charge in [0.1, 0.15) is 6.26 Å². The van der Waals surface area contributed by atoms with Crippen molar-refractivity contribution in [3.63, 3.8) is 0 Å². The van der Waals surface area contributed by atoms with E-state index in [1.165, 1.54) is 6.42 Å². The summed E-state index contributed by atoms with van der Waals surface area (Å²) in [5, 5.41) is 3.38. The van der Waals surface area contributed by atoms with Gasteiger partial charge in [-0.2, -0.15) is 0 Å². The SMILES string of the molecule is NCCCCCNc1ccc(-c2ncco2)cc1. The fourth-order valence-corrected chi connectivity index (χ4v) is 1.78. The minimum Gasteiger partial charge on any atom is -0.445 e. The summed E-state index contributed by atoms with van der Waals surface area (Å²) in [7, 11) is 0. The van der Waals surface area contributed by atoms with Crippen molar-refractivity contribution in [1.29, 1.82) is 0 Å². The van der Waals surface area contributed by atoms with Gasteiger partial charge in [0.05, 0.1) is 6.20 Å². The number of hydrogen-bond donors (Lipinski definition) is 2. The minimum atomic E-state index is 0.657. The molecule has 1 aromatic heterocycles. The number of unbranched alkanes of at least 4 members (excludes halogenated alkanes) is 2. The molecule has 2 rings (SSSR count). The van der Waals surface area contributed by atoms with Crippen molar-refractivity contribution in [1.82, 2.24) is 4.98 Å². The summed E-state index contributed by atoms with van der Waals surface area (Å²) in [6.45, 7) is 1.77. The lowest BCUT2D eigenvalue weighted by atomic mass is 10.2. The summed E-state index contributed by atoms with van der Waals surface area (Å²) in [5.74, 6) is 0.657. The maximum Gasteiger partial charge on any atom is 0.225 e. The number of hydrogen-bond acceptors (Lipinski definition) is 4. The molecular formula is C14H19N3O. The highest BCUT2D eigenvalue weighted by atomic mass is 16.3. The molecule has 18 heavy (non-hydrogen) atoms. The van der Waals surface area contributed by atoms with Gasteiger partial charge in [-0.1, -0.05) is 6.42 Å². The summed E-state index contributed by atoms with van der Waals surface area (Å²) >= 11 is 0. The van der Waals surface area contributed by atoms with Crippen molar-refractivity contribution in [3.8, 4) is 11.5 Å². The molecule has 4 heteroatoms. The highest BCUT2D eigenvalue weighted by molar-refractivity contribution is 5.58. The molecule has 0 saturated carbocycles. The second-order valence-corrected chi connectivity index (χ2v) is 4.19. The molecule has 3 N–H and O–H groups in total. The standard InChI is InChI=1S/C14H19N3O/c15-8-2-1-3-9-16-13-6-4-12(5-7-13)14-17-10-11-18-14/h4-7,10-11,16H,1-3,8-9,15H2. The van der Waals surface area contributed by atoms with E-state index in [1.54, 1.807) is 12.5 Å². The number of rotatable bonds is 7. The Morgan fingerprint density at radius 1 is 1.11 bits per heavy atom. The second kappa shape index (κ2) is 6.81. The molecule has 96 valence electrons. The lowest BCUT2D eigenvalue weighted by Crippen LogP contribution is -2.03. The van der Waals surface area contributed by atoms with E-state index in [2.05, 4.69) is 10.3 Å². The number of oxazole rings is 1. The first-order valence-corrected chi connectivity index (χ1v) is 6.34. The van der Waals surface area contributed by atoms with Crippen LogP contribution in [-0.2, 0) is 0 Å². The molecule has 0 atom stereocenters. The van der Waals surface area contributed by atoms with Gasteiger partial charge in [0.25, 0.3) is 0 Å². The van der Waals surface area contributed by atoms with Crippen molar-refractivity contribution >= 4 is 5.69 Å². The van der Waals surface area contributed by atoms with Crippen LogP contribution in [0.25, 0.3) is 11.5 Å². The van der Waals surface area contributed by atoms with Gasteiger partial charge in [0.15, 0.2) is 0 Å². The van der Waals surface area contributed by atoms with Crippen molar-refractivity contribution in [2.45, 2.75) is 19.3 Å². The molecule has 0 amide bonds. The van der Waals surface area contributed by atoms with Gasteiger partial charge in [-0.3, -0.25) is 0 Å². The van der Waals surface area contributed by atoms with E-state index >= 15 is 0 Å². The van der Waals surface area contributed by atoms with Gasteiger partial charge in [-0.15, -0.1) is 0 Å². The number of nitrogens with zero attached hydrogens (tertiary/aromatic N) is 1. The Bertz CT molecular complexity index is 437. The number of nitrogens with two attached hydrogens (primary N) is 1. The molecule has 0 aliphatic heterocycles. The van der Waals surface area contributed by atoms with E-state index < -0.39 is 0 Å². The quantitative estimate of drug-likeness (QED) is 0.736. The molecule has 0 bridgehead atoms. The number of anilines is 1. The van der Waals surface area contributed by atoms with Crippen molar-refractivity contribution in [2.75, 3.05) is 18.4 Å². The Balaban J connectivity index is 1.81. The van der Waals surface area contributed by atoms with Gasteiger partial charge in [-0.25, -0.2) is 4.98 Å². The van der Waals surface area contributed by atoms with Crippen LogP contribution in [-0.4, -0.2) is 18.1 Å². The van der Waals surface area contributed by atoms with Gasteiger partial charge < -0.3 is 15.5 Å². The van der Waals surface area contributed by atoms with Crippen LogP contribution in [0.1, 0.15) is 19.3 Å². The molecular weight excluding hydrogens is 226 g/mol. The zero-order valence-electron chi connectivity index (χ0n) is 10.4. The molecule has 0 radical (unpaired) electrons. The van der Waals surface area contributed by atoms with Gasteiger partial charge in [-0.05, 0) is 43.7 Å². The summed E-state index contributed by atoms with van der Waals surface area (Å²) < 4.78 is 5.24. The highest BCUT2D eigenvalue weighted by Crippen LogP contribution is 2.19. The highest BCUT2D eigenvalue weighted by Gasteiger charge is 2.01. The summed E-state index contributed by atoms with van der Waals surface area (Å²) in [6.07, 6.45) is 6.67. The Kier molecular flexibility index (Phi) is 4.78. The smallest absolute Gasteiger partial charge is 0.225 e. The Hall–Kier alpha value is -1.81. The lowest BCUT2D eigenvalue weighted by Gasteiger charge is -2.06. The van der Waals surface area contributed by atoms with Gasteiger partial charge in [0.2, 0.25) is 5.89 Å². The van der Waals surface area contributed by atoms with E-state index in [9.17, 15) is 0 Å². The first-order chi connectivity index (χ1) is 8.90. The molecule has 0 aliphatic carbocycles. The Morgan fingerprint density at radius 2 is 1.94 bits per heavy atom. The van der Waals surface area contributed by atoms with Crippen LogP contribution in [0.2, 0.25) is 0 Å². The van der Waals surface area contributed by atoms with Crippen LogP contribution >= 0.6 is 0 Å². The molecule has 0 spiro atoms. The number of aromatic nitrogens is 1. The third-order valence-corrected chi connectivity index (χ3v) is 2.77. The van der Waals surface area contributed by atoms with Crippen LogP contribution in [0, 0.1) is 0 Å². The first kappa shape index (κ1) is 12.6. The fourth-order valence-electron chi connectivity index (χ4n) is 1.78. The van der Waals surface area contributed by atoms with Crippen molar-refractivity contribution < 1.29 is 4.42 Å². The van der Waals surface area contributed by atoms with Crippen LogP contribution < -0.4 is 11.1 Å². The van der Waals surface area contributed by atoms with Crippen molar-refractivity contribution in [2.24, 2.45) is 5.73 Å². The summed E-state index contributed by atoms with van der Waals surface area (Å²) in [6, 6.07) is 8.10. The number of nitrogens with one attached hydrogen (secondary N) is 1. The molecule has 1 aromatic carbocycles. The maximum absolute atomic E-state index is 5.45. The zero-order chi connectivity index (χ0) is 12.6. The Labute approximate surface area is 107 Å². The second-order valence-electron chi connectivity index (χ2n) is 4.19. The van der Waals surface area contributed by atoms with Crippen molar-refractivity contribution in [3.05, 3.63) is 36.7 Å². The molecule has 0 saturated heterocycles.